The van der Waals surface area contributed by atoms with Gasteiger partial charge >= 0.3 is 0 Å². The number of nitrogens with zero attached hydrogens (tertiary/aromatic N) is 1. The summed E-state index contributed by atoms with van der Waals surface area (Å²) < 4.78 is 27.9. The van der Waals surface area contributed by atoms with Gasteiger partial charge in [0.1, 0.15) is 0 Å². The lowest BCUT2D eigenvalue weighted by molar-refractivity contribution is 0.241. The standard InChI is InChI=1S/C19H23ClN2O2S/c20-17-8-10-19(11-9-17)25(23,24)21-15-18(22-12-4-5-13-22)14-16-6-2-1-3-7-16/h1-3,6-11,18,21H,4-5,12-15H2. The Kier molecular flexibility index (Phi) is 6.12. The van der Waals surface area contributed by atoms with E-state index in [9.17, 15) is 8.42 Å². The van der Waals surface area contributed by atoms with Crippen LogP contribution in [0.4, 0.5) is 0 Å². The topological polar surface area (TPSA) is 49.4 Å². The van der Waals surface area contributed by atoms with Crippen LogP contribution in [0.15, 0.2) is 59.5 Å². The quantitative estimate of drug-likeness (QED) is 0.804. The van der Waals surface area contributed by atoms with Crippen molar-refractivity contribution >= 4 is 21.6 Å². The van der Waals surface area contributed by atoms with Crippen molar-refractivity contribution in [3.8, 4) is 0 Å². The van der Waals surface area contributed by atoms with Gasteiger partial charge in [-0.25, -0.2) is 13.1 Å². The van der Waals surface area contributed by atoms with Crippen molar-refractivity contribution in [2.45, 2.75) is 30.2 Å². The first-order chi connectivity index (χ1) is 12.0. The number of rotatable bonds is 7. The number of benzene rings is 2. The zero-order chi connectivity index (χ0) is 17.7. The monoisotopic (exact) mass is 378 g/mol. The van der Waals surface area contributed by atoms with E-state index in [1.807, 2.05) is 18.2 Å². The normalized spacial score (nSPS) is 16.8. The molecule has 0 aromatic heterocycles. The summed E-state index contributed by atoms with van der Waals surface area (Å²) in [5.74, 6) is 0. The van der Waals surface area contributed by atoms with Crippen molar-refractivity contribution < 1.29 is 8.42 Å². The molecule has 6 heteroatoms. The average molecular weight is 379 g/mol. The molecule has 0 saturated carbocycles. The molecular weight excluding hydrogens is 356 g/mol. The molecule has 1 N–H and O–H groups in total. The SMILES string of the molecule is O=S(=O)(NCC(Cc1ccccc1)N1CCCC1)c1ccc(Cl)cc1. The average Bonchev–Trinajstić information content (AvgIpc) is 3.14. The van der Waals surface area contributed by atoms with Crippen LogP contribution in [0.3, 0.4) is 0 Å². The van der Waals surface area contributed by atoms with Gasteiger partial charge in [0.25, 0.3) is 0 Å². The molecule has 0 amide bonds. The van der Waals surface area contributed by atoms with E-state index in [0.717, 1.165) is 19.5 Å². The Morgan fingerprint density at radius 3 is 2.28 bits per heavy atom. The minimum absolute atomic E-state index is 0.159. The number of halogens is 1. The zero-order valence-corrected chi connectivity index (χ0v) is 15.6. The molecule has 1 atom stereocenters. The number of likely N-dealkylation sites (tertiary alicyclic amines) is 1. The third-order valence-electron chi connectivity index (χ3n) is 4.60. The Labute approximate surface area is 154 Å². The maximum Gasteiger partial charge on any atom is 0.240 e. The Morgan fingerprint density at radius 1 is 1.00 bits per heavy atom. The van der Waals surface area contributed by atoms with Gasteiger partial charge < -0.3 is 0 Å². The lowest BCUT2D eigenvalue weighted by Gasteiger charge is -2.28. The first-order valence-corrected chi connectivity index (χ1v) is 10.4. The second-order valence-electron chi connectivity index (χ2n) is 6.39. The molecule has 1 fully saturated rings. The van der Waals surface area contributed by atoms with Gasteiger partial charge in [-0.15, -0.1) is 0 Å². The molecule has 0 bridgehead atoms. The molecule has 0 aliphatic carbocycles. The molecule has 2 aromatic carbocycles. The van der Waals surface area contributed by atoms with Crippen molar-refractivity contribution in [1.29, 1.82) is 0 Å². The summed E-state index contributed by atoms with van der Waals surface area (Å²) in [6.07, 6.45) is 3.19. The molecular formula is C19H23ClN2O2S. The first-order valence-electron chi connectivity index (χ1n) is 8.58. The van der Waals surface area contributed by atoms with E-state index in [2.05, 4.69) is 21.8 Å². The van der Waals surface area contributed by atoms with Gasteiger partial charge in [-0.3, -0.25) is 4.90 Å². The van der Waals surface area contributed by atoms with Crippen molar-refractivity contribution in [2.24, 2.45) is 0 Å². The fraction of sp³-hybridized carbons (Fsp3) is 0.368. The predicted octanol–water partition coefficient (Wildman–Crippen LogP) is 3.33. The first kappa shape index (κ1) is 18.4. The number of hydrogen-bond acceptors (Lipinski definition) is 3. The van der Waals surface area contributed by atoms with Gasteiger partial charge in [-0.05, 0) is 62.2 Å². The van der Waals surface area contributed by atoms with Crippen molar-refractivity contribution in [1.82, 2.24) is 9.62 Å². The molecule has 134 valence electrons. The van der Waals surface area contributed by atoms with Crippen LogP contribution in [0, 0.1) is 0 Å². The summed E-state index contributed by atoms with van der Waals surface area (Å²) in [5, 5.41) is 0.526. The van der Waals surface area contributed by atoms with Crippen LogP contribution in [-0.4, -0.2) is 39.0 Å². The highest BCUT2D eigenvalue weighted by Crippen LogP contribution is 2.17. The van der Waals surface area contributed by atoms with Crippen LogP contribution in [0.1, 0.15) is 18.4 Å². The van der Waals surface area contributed by atoms with Gasteiger partial charge in [-0.1, -0.05) is 41.9 Å². The smallest absolute Gasteiger partial charge is 0.240 e. The highest BCUT2D eigenvalue weighted by molar-refractivity contribution is 7.89. The zero-order valence-electron chi connectivity index (χ0n) is 14.1. The van der Waals surface area contributed by atoms with E-state index in [-0.39, 0.29) is 10.9 Å². The van der Waals surface area contributed by atoms with Gasteiger partial charge in [0, 0.05) is 17.6 Å². The molecule has 0 radical (unpaired) electrons. The molecule has 1 aliphatic rings. The van der Waals surface area contributed by atoms with Crippen LogP contribution in [-0.2, 0) is 16.4 Å². The van der Waals surface area contributed by atoms with Crippen LogP contribution >= 0.6 is 11.6 Å². The minimum Gasteiger partial charge on any atom is -0.299 e. The second kappa shape index (κ2) is 8.32. The Morgan fingerprint density at radius 2 is 1.64 bits per heavy atom. The van der Waals surface area contributed by atoms with E-state index in [0.29, 0.717) is 11.6 Å². The molecule has 4 nitrogen and oxygen atoms in total. The summed E-state index contributed by atoms with van der Waals surface area (Å²) in [7, 11) is -3.53. The van der Waals surface area contributed by atoms with Gasteiger partial charge in [-0.2, -0.15) is 0 Å². The fourth-order valence-electron chi connectivity index (χ4n) is 3.23. The fourth-order valence-corrected chi connectivity index (χ4v) is 4.43. The van der Waals surface area contributed by atoms with Gasteiger partial charge in [0.15, 0.2) is 0 Å². The van der Waals surface area contributed by atoms with E-state index in [1.165, 1.54) is 30.5 Å². The third-order valence-corrected chi connectivity index (χ3v) is 6.30. The third kappa shape index (κ3) is 5.05. The Balaban J connectivity index is 1.70. The highest BCUT2D eigenvalue weighted by atomic mass is 35.5. The van der Waals surface area contributed by atoms with Gasteiger partial charge in [0.2, 0.25) is 10.0 Å². The molecule has 25 heavy (non-hydrogen) atoms. The number of nitrogens with one attached hydrogen (secondary N) is 1. The van der Waals surface area contributed by atoms with Crippen LogP contribution in [0.25, 0.3) is 0 Å². The number of sulfonamides is 1. The Bertz CT molecular complexity index is 773. The lowest BCUT2D eigenvalue weighted by atomic mass is 10.1. The summed E-state index contributed by atoms with van der Waals surface area (Å²) in [6.45, 7) is 2.46. The molecule has 1 aliphatic heterocycles. The van der Waals surface area contributed by atoms with E-state index in [4.69, 9.17) is 11.6 Å². The lowest BCUT2D eigenvalue weighted by Crippen LogP contribution is -2.43. The largest absolute Gasteiger partial charge is 0.299 e. The van der Waals surface area contributed by atoms with Gasteiger partial charge in [0.05, 0.1) is 4.90 Å². The van der Waals surface area contributed by atoms with Crippen LogP contribution < -0.4 is 4.72 Å². The predicted molar refractivity (Wildman–Crippen MR) is 101 cm³/mol. The van der Waals surface area contributed by atoms with Crippen molar-refractivity contribution in [2.75, 3.05) is 19.6 Å². The summed E-state index contributed by atoms with van der Waals surface area (Å²) in [6, 6.07) is 16.6. The molecule has 1 unspecified atom stereocenters. The van der Waals surface area contributed by atoms with Crippen molar-refractivity contribution in [3.05, 3.63) is 65.2 Å². The second-order valence-corrected chi connectivity index (χ2v) is 8.60. The van der Waals surface area contributed by atoms with Crippen LogP contribution in [0.5, 0.6) is 0 Å². The highest BCUT2D eigenvalue weighted by Gasteiger charge is 2.24. The summed E-state index contributed by atoms with van der Waals surface area (Å²) in [4.78, 5) is 2.63. The summed E-state index contributed by atoms with van der Waals surface area (Å²) in [5.41, 5.74) is 1.23. The maximum absolute atomic E-state index is 12.5. The molecule has 2 aromatic rings. The molecule has 0 spiro atoms. The maximum atomic E-state index is 12.5. The molecule has 3 rings (SSSR count). The van der Waals surface area contributed by atoms with Crippen LogP contribution in [0.2, 0.25) is 5.02 Å². The Hall–Kier alpha value is -1.40. The van der Waals surface area contributed by atoms with Crippen molar-refractivity contribution in [3.63, 3.8) is 0 Å². The minimum atomic E-state index is -3.53. The van der Waals surface area contributed by atoms with E-state index >= 15 is 0 Å². The number of hydrogen-bond donors (Lipinski definition) is 1. The molecule has 1 saturated heterocycles. The van der Waals surface area contributed by atoms with E-state index in [1.54, 1.807) is 12.1 Å². The summed E-state index contributed by atoms with van der Waals surface area (Å²) >= 11 is 5.84. The molecule has 1 heterocycles. The van der Waals surface area contributed by atoms with E-state index < -0.39 is 10.0 Å².